The van der Waals surface area contributed by atoms with E-state index in [-0.39, 0.29) is 18.1 Å². The quantitative estimate of drug-likeness (QED) is 0.705. The van der Waals surface area contributed by atoms with Gasteiger partial charge in [-0.15, -0.1) is 0 Å². The van der Waals surface area contributed by atoms with Crippen LogP contribution in [0, 0.1) is 0 Å². The second-order valence-corrected chi connectivity index (χ2v) is 4.64. The van der Waals surface area contributed by atoms with Crippen LogP contribution in [0.3, 0.4) is 0 Å². The van der Waals surface area contributed by atoms with Crippen molar-refractivity contribution in [1.29, 1.82) is 0 Å². The Kier molecular flexibility index (Phi) is 3.78. The first-order valence-corrected chi connectivity index (χ1v) is 6.03. The Hall–Kier alpha value is -0.650. The third kappa shape index (κ3) is 2.53. The normalized spacial score (nSPS) is 32.4. The smallest absolute Gasteiger partial charge is 0.240 e. The molecule has 1 N–H and O–H groups in total. The molecule has 0 aromatic heterocycles. The molecule has 2 unspecified atom stereocenters. The number of nitrogens with one attached hydrogen (secondary N) is 1. The van der Waals surface area contributed by atoms with Gasteiger partial charge in [0, 0.05) is 19.6 Å². The molecule has 5 heteroatoms. The summed E-state index contributed by atoms with van der Waals surface area (Å²) in [4.78, 5) is 16.0. The first-order valence-electron chi connectivity index (χ1n) is 6.03. The summed E-state index contributed by atoms with van der Waals surface area (Å²) >= 11 is 0. The molecule has 92 valence electrons. The predicted molar refractivity (Wildman–Crippen MR) is 61.0 cm³/mol. The number of rotatable bonds is 3. The lowest BCUT2D eigenvalue weighted by molar-refractivity contribution is -0.131. The van der Waals surface area contributed by atoms with E-state index in [1.807, 2.05) is 11.8 Å². The molecule has 0 saturated carbocycles. The van der Waals surface area contributed by atoms with Gasteiger partial charge in [-0.1, -0.05) is 6.92 Å². The molecule has 0 spiro atoms. The number of likely N-dealkylation sites (N-methyl/N-ethyl adjacent to an activating group) is 1. The minimum Gasteiger partial charge on any atom is -0.374 e. The number of carbonyl (C=O) groups is 1. The molecular formula is C11H21N3O2. The monoisotopic (exact) mass is 227 g/mol. The summed E-state index contributed by atoms with van der Waals surface area (Å²) in [5.41, 5.74) is 0. The molecular weight excluding hydrogens is 206 g/mol. The molecule has 16 heavy (non-hydrogen) atoms. The van der Waals surface area contributed by atoms with E-state index in [2.05, 4.69) is 17.3 Å². The number of ether oxygens (including phenoxy) is 1. The van der Waals surface area contributed by atoms with Gasteiger partial charge in [-0.2, -0.15) is 0 Å². The number of nitrogens with zero attached hydrogens (tertiary/aromatic N) is 2. The number of amides is 1. The van der Waals surface area contributed by atoms with Crippen LogP contribution in [0.25, 0.3) is 0 Å². The lowest BCUT2D eigenvalue weighted by Crippen LogP contribution is -2.46. The minimum atomic E-state index is 0.0151. The van der Waals surface area contributed by atoms with E-state index >= 15 is 0 Å². The van der Waals surface area contributed by atoms with Crippen LogP contribution >= 0.6 is 0 Å². The Labute approximate surface area is 96.7 Å². The highest BCUT2D eigenvalue weighted by atomic mass is 16.5. The highest BCUT2D eigenvalue weighted by Crippen LogP contribution is 2.10. The summed E-state index contributed by atoms with van der Waals surface area (Å²) < 4.78 is 5.66. The number of carbonyl (C=O) groups excluding carboxylic acids is 1. The van der Waals surface area contributed by atoms with Crippen LogP contribution in [0.4, 0.5) is 0 Å². The molecule has 0 radical (unpaired) electrons. The molecule has 0 bridgehead atoms. The van der Waals surface area contributed by atoms with E-state index in [0.29, 0.717) is 13.2 Å². The van der Waals surface area contributed by atoms with E-state index in [9.17, 15) is 4.79 Å². The van der Waals surface area contributed by atoms with Gasteiger partial charge in [0.2, 0.25) is 5.91 Å². The highest BCUT2D eigenvalue weighted by Gasteiger charge is 2.32. The van der Waals surface area contributed by atoms with Crippen molar-refractivity contribution in [1.82, 2.24) is 15.1 Å². The lowest BCUT2D eigenvalue weighted by Gasteiger charge is -2.32. The maximum absolute atomic E-state index is 11.9. The summed E-state index contributed by atoms with van der Waals surface area (Å²) in [5, 5.41) is 3.21. The zero-order chi connectivity index (χ0) is 11.5. The molecule has 2 atom stereocenters. The molecule has 0 aliphatic carbocycles. The van der Waals surface area contributed by atoms with Crippen molar-refractivity contribution >= 4 is 5.91 Å². The van der Waals surface area contributed by atoms with Gasteiger partial charge in [-0.05, 0) is 13.5 Å². The van der Waals surface area contributed by atoms with Crippen LogP contribution in [-0.4, -0.2) is 67.8 Å². The van der Waals surface area contributed by atoms with Crippen molar-refractivity contribution in [2.45, 2.75) is 25.5 Å². The highest BCUT2D eigenvalue weighted by molar-refractivity contribution is 5.83. The molecule has 2 aliphatic heterocycles. The fourth-order valence-corrected chi connectivity index (χ4v) is 2.30. The van der Waals surface area contributed by atoms with Crippen molar-refractivity contribution in [2.24, 2.45) is 0 Å². The fraction of sp³-hybridized carbons (Fsp3) is 0.909. The Balaban J connectivity index is 1.83. The molecule has 2 saturated heterocycles. The van der Waals surface area contributed by atoms with Crippen LogP contribution in [-0.2, 0) is 9.53 Å². The van der Waals surface area contributed by atoms with E-state index in [4.69, 9.17) is 4.74 Å². The van der Waals surface area contributed by atoms with E-state index < -0.39 is 0 Å². The van der Waals surface area contributed by atoms with Gasteiger partial charge in [0.25, 0.3) is 0 Å². The van der Waals surface area contributed by atoms with Gasteiger partial charge in [-0.25, -0.2) is 0 Å². The predicted octanol–water partition coefficient (Wildman–Crippen LogP) is -0.515. The van der Waals surface area contributed by atoms with Gasteiger partial charge >= 0.3 is 0 Å². The molecule has 0 aromatic rings. The summed E-state index contributed by atoms with van der Waals surface area (Å²) in [6.45, 7) is 6.09. The molecule has 2 aliphatic rings. The maximum Gasteiger partial charge on any atom is 0.240 e. The van der Waals surface area contributed by atoms with Crippen molar-refractivity contribution in [3.63, 3.8) is 0 Å². The Morgan fingerprint density at radius 3 is 3.00 bits per heavy atom. The van der Waals surface area contributed by atoms with Crippen molar-refractivity contribution in [2.75, 3.05) is 40.0 Å². The summed E-state index contributed by atoms with van der Waals surface area (Å²) in [6.07, 6.45) is 1.03. The SMILES string of the molecule is CCC1NCN(CC2CN(C)CCO2)C1=O. The second kappa shape index (κ2) is 5.12. The summed E-state index contributed by atoms with van der Waals surface area (Å²) in [5.74, 6) is 0.222. The topological polar surface area (TPSA) is 44.8 Å². The zero-order valence-electron chi connectivity index (χ0n) is 10.1. The van der Waals surface area contributed by atoms with Gasteiger partial charge in [-0.3, -0.25) is 10.1 Å². The summed E-state index contributed by atoms with van der Waals surface area (Å²) in [6, 6.07) is 0.0151. The van der Waals surface area contributed by atoms with E-state index in [1.54, 1.807) is 0 Å². The average Bonchev–Trinajstić information content (AvgIpc) is 2.60. The fourth-order valence-electron chi connectivity index (χ4n) is 2.30. The van der Waals surface area contributed by atoms with Gasteiger partial charge in [0.1, 0.15) is 0 Å². The molecule has 5 nitrogen and oxygen atoms in total. The van der Waals surface area contributed by atoms with Gasteiger partial charge in [0.05, 0.1) is 25.4 Å². The van der Waals surface area contributed by atoms with Gasteiger partial charge in [0.15, 0.2) is 0 Å². The molecule has 2 fully saturated rings. The molecule has 1 amide bonds. The third-order valence-corrected chi connectivity index (χ3v) is 3.31. The lowest BCUT2D eigenvalue weighted by atomic mass is 10.2. The van der Waals surface area contributed by atoms with Crippen LogP contribution in [0.1, 0.15) is 13.3 Å². The van der Waals surface area contributed by atoms with Crippen molar-refractivity contribution in [3.8, 4) is 0 Å². The van der Waals surface area contributed by atoms with Crippen LogP contribution in [0.5, 0.6) is 0 Å². The van der Waals surface area contributed by atoms with Crippen LogP contribution in [0.2, 0.25) is 0 Å². The number of morpholine rings is 1. The number of hydrogen-bond donors (Lipinski definition) is 1. The Morgan fingerprint density at radius 1 is 1.56 bits per heavy atom. The summed E-state index contributed by atoms with van der Waals surface area (Å²) in [7, 11) is 2.09. The number of hydrogen-bond acceptors (Lipinski definition) is 4. The standard InChI is InChI=1S/C11H21N3O2/c1-3-10-11(15)14(8-12-10)7-9-6-13(2)4-5-16-9/h9-10,12H,3-8H2,1-2H3. The Bertz CT molecular complexity index is 260. The molecule has 0 aromatic carbocycles. The first-order chi connectivity index (χ1) is 7.70. The minimum absolute atomic E-state index is 0.0151. The van der Waals surface area contributed by atoms with Gasteiger partial charge < -0.3 is 14.5 Å². The maximum atomic E-state index is 11.9. The zero-order valence-corrected chi connectivity index (χ0v) is 10.1. The van der Waals surface area contributed by atoms with Crippen LogP contribution < -0.4 is 5.32 Å². The second-order valence-electron chi connectivity index (χ2n) is 4.64. The van der Waals surface area contributed by atoms with E-state index in [0.717, 1.165) is 26.1 Å². The van der Waals surface area contributed by atoms with Crippen LogP contribution in [0.15, 0.2) is 0 Å². The molecule has 2 rings (SSSR count). The first kappa shape index (κ1) is 11.8. The van der Waals surface area contributed by atoms with Crippen molar-refractivity contribution in [3.05, 3.63) is 0 Å². The molecule has 2 heterocycles. The Morgan fingerprint density at radius 2 is 2.38 bits per heavy atom. The average molecular weight is 227 g/mol. The van der Waals surface area contributed by atoms with Crippen molar-refractivity contribution < 1.29 is 9.53 Å². The van der Waals surface area contributed by atoms with E-state index in [1.165, 1.54) is 0 Å². The largest absolute Gasteiger partial charge is 0.374 e. The third-order valence-electron chi connectivity index (χ3n) is 3.31.